The van der Waals surface area contributed by atoms with Crippen LogP contribution in [-0.4, -0.2) is 22.2 Å². The summed E-state index contributed by atoms with van der Waals surface area (Å²) in [5.41, 5.74) is 0.877. The van der Waals surface area contributed by atoms with E-state index in [2.05, 4.69) is 0 Å². The van der Waals surface area contributed by atoms with Gasteiger partial charge in [0.05, 0.1) is 17.8 Å². The largest absolute Gasteiger partial charge is 0.482 e. The molecule has 0 unspecified atom stereocenters. The lowest BCUT2D eigenvalue weighted by Crippen LogP contribution is -2.29. The van der Waals surface area contributed by atoms with Crippen molar-refractivity contribution >= 4 is 5.97 Å². The summed E-state index contributed by atoms with van der Waals surface area (Å²) in [6.45, 7) is 3.20. The third kappa shape index (κ3) is 6.02. The number of aromatic nitrogens is 1. The van der Waals surface area contributed by atoms with E-state index in [1.165, 1.54) is 10.6 Å². The third-order valence-corrected chi connectivity index (χ3v) is 6.23. The Morgan fingerprint density at radius 1 is 0.974 bits per heavy atom. The molecule has 0 aliphatic carbocycles. The number of carboxylic acids is 1. The van der Waals surface area contributed by atoms with Crippen LogP contribution in [0.1, 0.15) is 27.8 Å². The van der Waals surface area contributed by atoms with Gasteiger partial charge in [-0.25, -0.2) is 4.79 Å². The number of benzene rings is 3. The number of nitriles is 1. The van der Waals surface area contributed by atoms with Crippen LogP contribution in [0.25, 0.3) is 22.4 Å². The number of rotatable bonds is 7. The van der Waals surface area contributed by atoms with Gasteiger partial charge in [-0.2, -0.15) is 18.4 Å². The van der Waals surface area contributed by atoms with Gasteiger partial charge in [0, 0.05) is 0 Å². The molecule has 3 aromatic carbocycles. The lowest BCUT2D eigenvalue weighted by atomic mass is 9.98. The second-order valence-corrected chi connectivity index (χ2v) is 9.04. The number of hydrogen-bond acceptors (Lipinski definition) is 4. The zero-order valence-electron chi connectivity index (χ0n) is 21.0. The first-order valence-electron chi connectivity index (χ1n) is 11.8. The average Bonchev–Trinajstić information content (AvgIpc) is 2.89. The number of hydrogen-bond donors (Lipinski definition) is 1. The van der Waals surface area contributed by atoms with Gasteiger partial charge >= 0.3 is 12.1 Å². The molecule has 0 atom stereocenters. The first-order valence-corrected chi connectivity index (χ1v) is 11.8. The lowest BCUT2D eigenvalue weighted by Gasteiger charge is -2.19. The van der Waals surface area contributed by atoms with Gasteiger partial charge < -0.3 is 14.4 Å². The molecule has 1 N–H and O–H groups in total. The van der Waals surface area contributed by atoms with Crippen LogP contribution in [0.2, 0.25) is 0 Å². The van der Waals surface area contributed by atoms with E-state index in [1.807, 2.05) is 32.0 Å². The quantitative estimate of drug-likeness (QED) is 0.306. The van der Waals surface area contributed by atoms with E-state index in [4.69, 9.17) is 9.84 Å². The minimum Gasteiger partial charge on any atom is -0.482 e. The Morgan fingerprint density at radius 2 is 1.64 bits per heavy atom. The van der Waals surface area contributed by atoms with Crippen molar-refractivity contribution in [1.82, 2.24) is 4.57 Å². The molecule has 0 radical (unpaired) electrons. The van der Waals surface area contributed by atoms with E-state index >= 15 is 0 Å². The molecule has 0 amide bonds. The fourth-order valence-corrected chi connectivity index (χ4v) is 4.34. The predicted molar refractivity (Wildman–Crippen MR) is 139 cm³/mol. The van der Waals surface area contributed by atoms with Gasteiger partial charge in [-0.15, -0.1) is 0 Å². The number of pyridine rings is 1. The number of carboxylic acid groups (broad SMARTS) is 1. The van der Waals surface area contributed by atoms with Crippen molar-refractivity contribution in [3.05, 3.63) is 111 Å². The first kappa shape index (κ1) is 27.2. The maximum atomic E-state index is 13.9. The Balaban J connectivity index is 1.90. The maximum Gasteiger partial charge on any atom is 0.417 e. The van der Waals surface area contributed by atoms with Gasteiger partial charge in [0.15, 0.2) is 6.61 Å². The molecule has 6 nitrogen and oxygen atoms in total. The SMILES string of the molecule is Cc1ccc(Cn2c(-c3cccc(-c4cccc(OCC(=O)O)c4)c3)cc(C(F)(F)F)c(C#N)c2=O)c(C)c1. The van der Waals surface area contributed by atoms with Crippen LogP contribution in [0.3, 0.4) is 0 Å². The summed E-state index contributed by atoms with van der Waals surface area (Å²) in [4.78, 5) is 24.2. The highest BCUT2D eigenvalue weighted by Gasteiger charge is 2.36. The van der Waals surface area contributed by atoms with Gasteiger partial charge in [0.25, 0.3) is 5.56 Å². The van der Waals surface area contributed by atoms with E-state index in [1.54, 1.807) is 48.5 Å². The number of carbonyl (C=O) groups is 1. The van der Waals surface area contributed by atoms with Gasteiger partial charge in [0.1, 0.15) is 17.4 Å². The van der Waals surface area contributed by atoms with Gasteiger partial charge in [-0.05, 0) is 65.9 Å². The van der Waals surface area contributed by atoms with E-state index in [9.17, 15) is 28.0 Å². The minimum atomic E-state index is -4.91. The molecule has 9 heteroatoms. The molecule has 0 aliphatic rings. The van der Waals surface area contributed by atoms with Crippen LogP contribution in [-0.2, 0) is 17.5 Å². The van der Waals surface area contributed by atoms with Gasteiger partial charge in [-0.3, -0.25) is 4.79 Å². The molecule has 198 valence electrons. The normalized spacial score (nSPS) is 11.2. The molecule has 0 aliphatic heterocycles. The molecular formula is C30H23F3N2O4. The van der Waals surface area contributed by atoms with Crippen LogP contribution < -0.4 is 10.3 Å². The number of nitrogens with zero attached hydrogens (tertiary/aromatic N) is 2. The summed E-state index contributed by atoms with van der Waals surface area (Å²) in [6, 6.07) is 21.1. The molecule has 0 bridgehead atoms. The Hall–Kier alpha value is -4.84. The number of aliphatic carboxylic acids is 1. The molecule has 4 aromatic rings. The smallest absolute Gasteiger partial charge is 0.417 e. The topological polar surface area (TPSA) is 92.3 Å². The Morgan fingerprint density at radius 3 is 2.28 bits per heavy atom. The Kier molecular flexibility index (Phi) is 7.58. The Labute approximate surface area is 222 Å². The van der Waals surface area contributed by atoms with Crippen molar-refractivity contribution in [3.63, 3.8) is 0 Å². The highest BCUT2D eigenvalue weighted by Crippen LogP contribution is 2.35. The molecular weight excluding hydrogens is 509 g/mol. The Bertz CT molecular complexity index is 1670. The lowest BCUT2D eigenvalue weighted by molar-refractivity contribution is -0.139. The zero-order chi connectivity index (χ0) is 28.3. The van der Waals surface area contributed by atoms with Crippen molar-refractivity contribution in [2.45, 2.75) is 26.6 Å². The number of aryl methyl sites for hydroxylation is 2. The summed E-state index contributed by atoms with van der Waals surface area (Å²) in [5, 5.41) is 18.4. The van der Waals surface area contributed by atoms with E-state index in [0.717, 1.165) is 22.8 Å². The van der Waals surface area contributed by atoms with E-state index in [-0.39, 0.29) is 12.2 Å². The van der Waals surface area contributed by atoms with Gasteiger partial charge in [-0.1, -0.05) is 54.1 Å². The first-order chi connectivity index (χ1) is 18.5. The van der Waals surface area contributed by atoms with Crippen LogP contribution >= 0.6 is 0 Å². The van der Waals surface area contributed by atoms with Crippen molar-refractivity contribution in [1.29, 1.82) is 5.26 Å². The summed E-state index contributed by atoms with van der Waals surface area (Å²) in [6.07, 6.45) is -4.91. The molecule has 1 heterocycles. The summed E-state index contributed by atoms with van der Waals surface area (Å²) in [5.74, 6) is -0.824. The van der Waals surface area contributed by atoms with Crippen molar-refractivity contribution < 1.29 is 27.8 Å². The third-order valence-electron chi connectivity index (χ3n) is 6.23. The average molecular weight is 533 g/mol. The molecule has 0 fully saturated rings. The highest BCUT2D eigenvalue weighted by atomic mass is 19.4. The second-order valence-electron chi connectivity index (χ2n) is 9.04. The zero-order valence-corrected chi connectivity index (χ0v) is 21.0. The van der Waals surface area contributed by atoms with Crippen LogP contribution in [0.5, 0.6) is 5.75 Å². The minimum absolute atomic E-state index is 0.00596. The molecule has 0 spiro atoms. The summed E-state index contributed by atoms with van der Waals surface area (Å²) < 4.78 is 48.3. The maximum absolute atomic E-state index is 13.9. The van der Waals surface area contributed by atoms with E-state index < -0.39 is 35.4 Å². The molecule has 4 rings (SSSR count). The van der Waals surface area contributed by atoms with Gasteiger partial charge in [0.2, 0.25) is 0 Å². The van der Waals surface area contributed by atoms with Crippen LogP contribution in [0.4, 0.5) is 13.2 Å². The molecule has 0 saturated carbocycles. The van der Waals surface area contributed by atoms with Crippen molar-refractivity contribution in [2.24, 2.45) is 0 Å². The molecule has 1 aromatic heterocycles. The van der Waals surface area contributed by atoms with Crippen molar-refractivity contribution in [3.8, 4) is 34.2 Å². The number of ether oxygens (including phenoxy) is 1. The highest BCUT2D eigenvalue weighted by molar-refractivity contribution is 5.73. The fourth-order valence-electron chi connectivity index (χ4n) is 4.34. The summed E-state index contributed by atoms with van der Waals surface area (Å²) in [7, 11) is 0. The van der Waals surface area contributed by atoms with Crippen LogP contribution in [0.15, 0.2) is 77.6 Å². The van der Waals surface area contributed by atoms with Crippen molar-refractivity contribution in [2.75, 3.05) is 6.61 Å². The number of alkyl halides is 3. The molecule has 0 saturated heterocycles. The standard InChI is InChI=1S/C30H23F3N2O4/c1-18-9-10-23(19(2)11-18)16-35-27(14-26(30(31,32)33)25(15-34)29(35)38)22-7-3-5-20(12-22)21-6-4-8-24(13-21)39-17-28(36)37/h3-14H,16-17H2,1-2H3,(H,36,37). The molecule has 39 heavy (non-hydrogen) atoms. The fraction of sp³-hybridized carbons (Fsp3) is 0.167. The summed E-state index contributed by atoms with van der Waals surface area (Å²) >= 11 is 0. The predicted octanol–water partition coefficient (Wildman–Crippen LogP) is 6.20. The number of halogens is 3. The monoisotopic (exact) mass is 532 g/mol. The van der Waals surface area contributed by atoms with Crippen LogP contribution in [0, 0.1) is 25.2 Å². The second kappa shape index (κ2) is 10.9. The van der Waals surface area contributed by atoms with E-state index in [0.29, 0.717) is 22.4 Å².